The average Bonchev–Trinajstić information content (AvgIpc) is 3.21. The molecule has 4 rings (SSSR count). The van der Waals surface area contributed by atoms with E-state index >= 15 is 0 Å². The monoisotopic (exact) mass is 374 g/mol. The number of amides is 1. The summed E-state index contributed by atoms with van der Waals surface area (Å²) >= 11 is 0. The molecule has 2 heterocycles. The molecule has 2 aromatic carbocycles. The molecule has 28 heavy (non-hydrogen) atoms. The van der Waals surface area contributed by atoms with E-state index in [1.807, 2.05) is 38.1 Å². The van der Waals surface area contributed by atoms with Crippen molar-refractivity contribution >= 4 is 16.9 Å². The first-order chi connectivity index (χ1) is 13.6. The van der Waals surface area contributed by atoms with Gasteiger partial charge >= 0.3 is 0 Å². The molecule has 5 nitrogen and oxygen atoms in total. The lowest BCUT2D eigenvalue weighted by Gasteiger charge is -2.17. The Morgan fingerprint density at radius 3 is 2.39 bits per heavy atom. The van der Waals surface area contributed by atoms with E-state index in [0.717, 1.165) is 42.1 Å². The molecule has 1 aliphatic rings. The number of carbonyl (C=O) groups excluding carboxylic acids is 1. The molecule has 1 fully saturated rings. The van der Waals surface area contributed by atoms with Gasteiger partial charge in [-0.2, -0.15) is 0 Å². The minimum absolute atomic E-state index is 0.0853. The van der Waals surface area contributed by atoms with E-state index in [4.69, 9.17) is 0 Å². The van der Waals surface area contributed by atoms with Gasteiger partial charge in [-0.1, -0.05) is 24.3 Å². The number of rotatable bonds is 5. The van der Waals surface area contributed by atoms with E-state index in [0.29, 0.717) is 12.1 Å². The molecule has 3 aromatic rings. The number of nitrogens with one attached hydrogen (secondary N) is 1. The van der Waals surface area contributed by atoms with Crippen LogP contribution in [0, 0.1) is 13.8 Å². The van der Waals surface area contributed by atoms with Crippen LogP contribution in [-0.4, -0.2) is 33.9 Å². The van der Waals surface area contributed by atoms with Gasteiger partial charge < -0.3 is 5.32 Å². The van der Waals surface area contributed by atoms with Crippen LogP contribution in [0.15, 0.2) is 42.5 Å². The predicted octanol–water partition coefficient (Wildman–Crippen LogP) is 3.77. The number of benzene rings is 2. The second kappa shape index (κ2) is 8.07. The molecule has 1 amide bonds. The maximum absolute atomic E-state index is 12.7. The van der Waals surface area contributed by atoms with Gasteiger partial charge in [-0.15, -0.1) is 0 Å². The second-order valence-corrected chi connectivity index (χ2v) is 7.53. The van der Waals surface area contributed by atoms with Crippen molar-refractivity contribution in [2.24, 2.45) is 0 Å². The Kier molecular flexibility index (Phi) is 5.35. The van der Waals surface area contributed by atoms with Gasteiger partial charge in [0.15, 0.2) is 0 Å². The highest BCUT2D eigenvalue weighted by Gasteiger charge is 2.14. The van der Waals surface area contributed by atoms with Crippen LogP contribution in [0.4, 0.5) is 0 Å². The first-order valence-electron chi connectivity index (χ1n) is 9.92. The first-order valence-corrected chi connectivity index (χ1v) is 9.92. The summed E-state index contributed by atoms with van der Waals surface area (Å²) in [5.74, 6) is -0.0853. The first kappa shape index (κ1) is 18.6. The molecule has 0 radical (unpaired) electrons. The van der Waals surface area contributed by atoms with E-state index in [1.165, 1.54) is 24.0 Å². The largest absolute Gasteiger partial charge is 0.348 e. The maximum atomic E-state index is 12.7. The number of carbonyl (C=O) groups is 1. The Morgan fingerprint density at radius 1 is 0.964 bits per heavy atom. The second-order valence-electron chi connectivity index (χ2n) is 7.53. The van der Waals surface area contributed by atoms with Crippen LogP contribution in [0.2, 0.25) is 0 Å². The van der Waals surface area contributed by atoms with Gasteiger partial charge in [0.2, 0.25) is 0 Å². The Bertz CT molecular complexity index is 1010. The lowest BCUT2D eigenvalue weighted by Crippen LogP contribution is -2.25. The lowest BCUT2D eigenvalue weighted by atomic mass is 10.1. The van der Waals surface area contributed by atoms with Crippen molar-refractivity contribution < 1.29 is 4.79 Å². The fraction of sp³-hybridized carbons (Fsp3) is 0.348. The molecule has 0 saturated carbocycles. The summed E-state index contributed by atoms with van der Waals surface area (Å²) in [7, 11) is 0. The molecule has 0 spiro atoms. The number of hydrogen-bond donors (Lipinski definition) is 1. The molecule has 1 aromatic heterocycles. The fourth-order valence-corrected chi connectivity index (χ4v) is 3.72. The third-order valence-corrected chi connectivity index (χ3v) is 5.49. The van der Waals surface area contributed by atoms with Crippen molar-refractivity contribution in [2.75, 3.05) is 13.1 Å². The molecular weight excluding hydrogens is 348 g/mol. The number of hydrogen-bond acceptors (Lipinski definition) is 4. The molecule has 1 N–H and O–H groups in total. The summed E-state index contributed by atoms with van der Waals surface area (Å²) in [6, 6.07) is 13.9. The smallest absolute Gasteiger partial charge is 0.251 e. The number of likely N-dealkylation sites (tertiary alicyclic amines) is 1. The van der Waals surface area contributed by atoms with Crippen LogP contribution < -0.4 is 5.32 Å². The van der Waals surface area contributed by atoms with Gasteiger partial charge in [-0.25, -0.2) is 9.97 Å². The minimum atomic E-state index is -0.0853. The van der Waals surface area contributed by atoms with Crippen molar-refractivity contribution in [3.63, 3.8) is 0 Å². The average molecular weight is 374 g/mol. The third kappa shape index (κ3) is 4.04. The number of fused-ring (bicyclic) bond motifs is 1. The zero-order valence-electron chi connectivity index (χ0n) is 16.5. The fourth-order valence-electron chi connectivity index (χ4n) is 3.72. The SMILES string of the molecule is Cc1nc2ccc(C(=O)NCc3ccccc3CN3CCCC3)cc2nc1C. The van der Waals surface area contributed by atoms with Crippen molar-refractivity contribution in [3.8, 4) is 0 Å². The van der Waals surface area contributed by atoms with Gasteiger partial charge in [0, 0.05) is 18.7 Å². The quantitative estimate of drug-likeness (QED) is 0.738. The molecular formula is C23H26N4O. The van der Waals surface area contributed by atoms with Gasteiger partial charge in [-0.05, 0) is 69.1 Å². The van der Waals surface area contributed by atoms with Crippen LogP contribution in [0.1, 0.15) is 45.7 Å². The Balaban J connectivity index is 1.47. The van der Waals surface area contributed by atoms with Gasteiger partial charge in [0.1, 0.15) is 0 Å². The van der Waals surface area contributed by atoms with E-state index < -0.39 is 0 Å². The number of aryl methyl sites for hydroxylation is 2. The summed E-state index contributed by atoms with van der Waals surface area (Å²) in [5.41, 5.74) is 6.46. The standard InChI is InChI=1S/C23H26N4O/c1-16-17(2)26-22-13-18(9-10-21(22)25-16)23(28)24-14-19-7-3-4-8-20(19)15-27-11-5-6-12-27/h3-4,7-10,13H,5-6,11-12,14-15H2,1-2H3,(H,24,28). The van der Waals surface area contributed by atoms with Crippen LogP contribution in [0.3, 0.4) is 0 Å². The predicted molar refractivity (Wildman–Crippen MR) is 111 cm³/mol. The van der Waals surface area contributed by atoms with Crippen LogP contribution in [0.5, 0.6) is 0 Å². The molecule has 0 bridgehead atoms. The van der Waals surface area contributed by atoms with Crippen LogP contribution >= 0.6 is 0 Å². The van der Waals surface area contributed by atoms with Crippen molar-refractivity contribution in [2.45, 2.75) is 39.8 Å². The van der Waals surface area contributed by atoms with Gasteiger partial charge in [0.05, 0.1) is 22.4 Å². The summed E-state index contributed by atoms with van der Waals surface area (Å²) in [5, 5.41) is 3.07. The number of aromatic nitrogens is 2. The Morgan fingerprint density at radius 2 is 1.64 bits per heavy atom. The minimum Gasteiger partial charge on any atom is -0.348 e. The normalized spacial score (nSPS) is 14.5. The Hall–Kier alpha value is -2.79. The topological polar surface area (TPSA) is 58.1 Å². The summed E-state index contributed by atoms with van der Waals surface area (Å²) < 4.78 is 0. The van der Waals surface area contributed by atoms with Crippen LogP contribution in [0.25, 0.3) is 11.0 Å². The third-order valence-electron chi connectivity index (χ3n) is 5.49. The van der Waals surface area contributed by atoms with E-state index in [2.05, 4.69) is 38.4 Å². The van der Waals surface area contributed by atoms with E-state index in [1.54, 1.807) is 0 Å². The molecule has 0 aliphatic carbocycles. The molecule has 1 saturated heterocycles. The number of nitrogens with zero attached hydrogens (tertiary/aromatic N) is 3. The summed E-state index contributed by atoms with van der Waals surface area (Å²) in [4.78, 5) is 24.3. The maximum Gasteiger partial charge on any atom is 0.251 e. The van der Waals surface area contributed by atoms with Crippen molar-refractivity contribution in [3.05, 3.63) is 70.5 Å². The van der Waals surface area contributed by atoms with Gasteiger partial charge in [-0.3, -0.25) is 9.69 Å². The zero-order chi connectivity index (χ0) is 19.5. The highest BCUT2D eigenvalue weighted by Crippen LogP contribution is 2.17. The van der Waals surface area contributed by atoms with Crippen molar-refractivity contribution in [1.82, 2.24) is 20.2 Å². The zero-order valence-corrected chi connectivity index (χ0v) is 16.5. The molecule has 0 unspecified atom stereocenters. The van der Waals surface area contributed by atoms with Crippen molar-refractivity contribution in [1.29, 1.82) is 0 Å². The Labute approximate surface area is 165 Å². The molecule has 5 heteroatoms. The van der Waals surface area contributed by atoms with E-state index in [-0.39, 0.29) is 5.91 Å². The highest BCUT2D eigenvalue weighted by molar-refractivity contribution is 5.97. The molecule has 0 atom stereocenters. The highest BCUT2D eigenvalue weighted by atomic mass is 16.1. The van der Waals surface area contributed by atoms with Crippen LogP contribution in [-0.2, 0) is 13.1 Å². The van der Waals surface area contributed by atoms with Gasteiger partial charge in [0.25, 0.3) is 5.91 Å². The molecule has 144 valence electrons. The summed E-state index contributed by atoms with van der Waals surface area (Å²) in [6.45, 7) is 7.69. The molecule has 1 aliphatic heterocycles. The summed E-state index contributed by atoms with van der Waals surface area (Å²) in [6.07, 6.45) is 2.56. The lowest BCUT2D eigenvalue weighted by molar-refractivity contribution is 0.0951. The van der Waals surface area contributed by atoms with E-state index in [9.17, 15) is 4.79 Å².